The minimum atomic E-state index is -0.588. The van der Waals surface area contributed by atoms with Crippen LogP contribution in [0.1, 0.15) is 234 Å². The van der Waals surface area contributed by atoms with Gasteiger partial charge in [0.25, 0.3) is 0 Å². The van der Waals surface area contributed by atoms with E-state index in [-0.39, 0.29) is 36.3 Å². The molecule has 2 aliphatic heterocycles. The molecule has 0 spiro atoms. The zero-order valence-corrected chi connectivity index (χ0v) is 45.6. The number of likely N-dealkylation sites (tertiary alicyclic amines) is 2. The summed E-state index contributed by atoms with van der Waals surface area (Å²) in [4.78, 5) is 31.4. The van der Waals surface area contributed by atoms with Gasteiger partial charge < -0.3 is 23.8 Å². The van der Waals surface area contributed by atoms with Crippen LogP contribution in [0.5, 0.6) is 0 Å². The highest BCUT2D eigenvalue weighted by Gasteiger charge is 2.59. The molecule has 4 aliphatic carbocycles. The fourth-order valence-corrected chi connectivity index (χ4v) is 14.9. The fourth-order valence-electron chi connectivity index (χ4n) is 14.9. The summed E-state index contributed by atoms with van der Waals surface area (Å²) in [6, 6.07) is -0.588. The molecule has 0 aromatic carbocycles. The van der Waals surface area contributed by atoms with Gasteiger partial charge in [-0.15, -0.1) is 0 Å². The number of amides is 1. The van der Waals surface area contributed by atoms with E-state index in [1.165, 1.54) is 160 Å². The van der Waals surface area contributed by atoms with Crippen LogP contribution < -0.4 is 0 Å². The van der Waals surface area contributed by atoms with Crippen molar-refractivity contribution >= 4 is 12.1 Å². The molecule has 0 aromatic heterocycles. The molecule has 2 heterocycles. The van der Waals surface area contributed by atoms with E-state index < -0.39 is 6.04 Å². The molecule has 1 unspecified atom stereocenters. The zero-order chi connectivity index (χ0) is 48.9. The van der Waals surface area contributed by atoms with Crippen LogP contribution in [0, 0.1) is 46.3 Å². The van der Waals surface area contributed by atoms with Crippen molar-refractivity contribution in [2.45, 2.75) is 252 Å². The highest BCUT2D eigenvalue weighted by molar-refractivity contribution is 5.82. The predicted octanol–water partition coefficient (Wildman–Crippen LogP) is 15.5. The summed E-state index contributed by atoms with van der Waals surface area (Å²) in [6.07, 6.45) is 44.0. The molecular formula is C61H106N2O6. The van der Waals surface area contributed by atoms with E-state index in [1.54, 1.807) is 4.90 Å². The summed E-state index contributed by atoms with van der Waals surface area (Å²) in [5.74, 6) is 4.54. The summed E-state index contributed by atoms with van der Waals surface area (Å²) in [5.41, 5.74) is 2.23. The van der Waals surface area contributed by atoms with Gasteiger partial charge in [0, 0.05) is 26.1 Å². The molecule has 396 valence electrons. The topological polar surface area (TPSA) is 77.5 Å². The van der Waals surface area contributed by atoms with E-state index in [4.69, 9.17) is 18.9 Å². The summed E-state index contributed by atoms with van der Waals surface area (Å²) in [6.45, 7) is 20.3. The second-order valence-corrected chi connectivity index (χ2v) is 24.4. The summed E-state index contributed by atoms with van der Waals surface area (Å²) in [5, 5.41) is 0. The Labute approximate surface area is 424 Å². The van der Waals surface area contributed by atoms with Gasteiger partial charge in [-0.2, -0.15) is 0 Å². The van der Waals surface area contributed by atoms with Gasteiger partial charge in [0.15, 0.2) is 0 Å². The number of fused-ring (bicyclic) bond motifs is 5. The standard InChI is InChI=1S/C61H106N2O6/c1-7-8-9-10-11-12-13-14-15-16-17-18-19-20-21-25-42-66-47-52(46-62-39-23-22-24-40-62)67-43-44-68-58(64)57-30-27-41-63(57)59(65)69-51-35-37-60(5)50(45-51)31-32-53-55-34-33-54(49(4)29-26-28-48(2)3)61(55,6)38-36-56(53)60/h14-15,31,48-49,51-57H,7-13,16-30,32-47H2,1-6H3/t49-,51+,52?,53+,54-,55+,56+,57+,60+,61-/m1/s1. The first-order valence-corrected chi connectivity index (χ1v) is 29.9. The molecular weight excluding hydrogens is 857 g/mol. The van der Waals surface area contributed by atoms with Gasteiger partial charge in [-0.3, -0.25) is 4.90 Å². The summed E-state index contributed by atoms with van der Waals surface area (Å²) >= 11 is 0. The first-order valence-electron chi connectivity index (χ1n) is 29.9. The third-order valence-corrected chi connectivity index (χ3v) is 19.0. The monoisotopic (exact) mass is 963 g/mol. The minimum Gasteiger partial charge on any atom is -0.462 e. The van der Waals surface area contributed by atoms with Crippen LogP contribution >= 0.6 is 0 Å². The van der Waals surface area contributed by atoms with Crippen LogP contribution in [0.25, 0.3) is 0 Å². The molecule has 0 aromatic rings. The predicted molar refractivity (Wildman–Crippen MR) is 284 cm³/mol. The molecule has 8 nitrogen and oxygen atoms in total. The Bertz CT molecular complexity index is 1540. The first kappa shape index (κ1) is 56.4. The number of hydrogen-bond donors (Lipinski definition) is 0. The molecule has 0 radical (unpaired) electrons. The lowest BCUT2D eigenvalue weighted by Crippen LogP contribution is -2.51. The van der Waals surface area contributed by atoms with E-state index in [2.05, 4.69) is 64.7 Å². The third-order valence-electron chi connectivity index (χ3n) is 19.0. The van der Waals surface area contributed by atoms with E-state index >= 15 is 0 Å². The van der Waals surface area contributed by atoms with Gasteiger partial charge in [0.05, 0.1) is 19.3 Å². The Morgan fingerprint density at radius 1 is 0.739 bits per heavy atom. The highest BCUT2D eigenvalue weighted by atomic mass is 16.6. The van der Waals surface area contributed by atoms with E-state index in [9.17, 15) is 9.59 Å². The Kier molecular flexibility index (Phi) is 24.3. The molecule has 10 atom stereocenters. The highest BCUT2D eigenvalue weighted by Crippen LogP contribution is 2.67. The van der Waals surface area contributed by atoms with Crippen LogP contribution in [0.15, 0.2) is 23.8 Å². The number of ether oxygens (including phenoxy) is 4. The fraction of sp³-hybridized carbons (Fsp3) is 0.902. The van der Waals surface area contributed by atoms with Crippen LogP contribution in [-0.4, -0.2) is 92.7 Å². The second-order valence-electron chi connectivity index (χ2n) is 24.4. The SMILES string of the molecule is CCCCCCCCC=CCCCCCCCCOCC(CN1CCCCC1)OCCOC(=O)[C@@H]1CCCN1C(=O)O[C@H]1CC[C@@]2(C)C(=CC[C@H]3[C@@H]4CC[C@H]([C@H](C)CCCC(C)C)[C@@]4(C)CC[C@@H]32)C1. The van der Waals surface area contributed by atoms with Crippen molar-refractivity contribution in [1.82, 2.24) is 9.80 Å². The van der Waals surface area contributed by atoms with Crippen LogP contribution in [0.2, 0.25) is 0 Å². The van der Waals surface area contributed by atoms with Gasteiger partial charge in [-0.05, 0) is 162 Å². The van der Waals surface area contributed by atoms with Crippen molar-refractivity contribution < 1.29 is 28.5 Å². The largest absolute Gasteiger partial charge is 0.462 e. The Morgan fingerprint density at radius 3 is 2.20 bits per heavy atom. The molecule has 6 rings (SSSR count). The zero-order valence-electron chi connectivity index (χ0n) is 45.6. The number of allylic oxidation sites excluding steroid dienone is 3. The van der Waals surface area contributed by atoms with Crippen molar-refractivity contribution in [3.63, 3.8) is 0 Å². The smallest absolute Gasteiger partial charge is 0.410 e. The number of hydrogen-bond acceptors (Lipinski definition) is 7. The van der Waals surface area contributed by atoms with E-state index in [1.807, 2.05) is 0 Å². The Hall–Kier alpha value is -1.90. The number of rotatable bonds is 31. The minimum absolute atomic E-state index is 0.0529. The number of piperidine rings is 1. The van der Waals surface area contributed by atoms with E-state index in [0.717, 1.165) is 93.9 Å². The lowest BCUT2D eigenvalue weighted by Gasteiger charge is -2.58. The lowest BCUT2D eigenvalue weighted by atomic mass is 9.47. The second kappa shape index (κ2) is 29.7. The average molecular weight is 964 g/mol. The van der Waals surface area contributed by atoms with Crippen molar-refractivity contribution in [3.8, 4) is 0 Å². The number of esters is 1. The van der Waals surface area contributed by atoms with Crippen molar-refractivity contribution in [2.24, 2.45) is 46.3 Å². The van der Waals surface area contributed by atoms with Gasteiger partial charge in [-0.1, -0.05) is 149 Å². The van der Waals surface area contributed by atoms with Gasteiger partial charge >= 0.3 is 12.1 Å². The van der Waals surface area contributed by atoms with Crippen LogP contribution in [0.3, 0.4) is 0 Å². The molecule has 6 aliphatic rings. The Morgan fingerprint density at radius 2 is 1.46 bits per heavy atom. The van der Waals surface area contributed by atoms with Crippen molar-refractivity contribution in [2.75, 3.05) is 52.6 Å². The molecule has 3 saturated carbocycles. The number of carbonyl (C=O) groups excluding carboxylic acids is 2. The molecule has 0 N–H and O–H groups in total. The molecule has 5 fully saturated rings. The van der Waals surface area contributed by atoms with E-state index in [0.29, 0.717) is 31.6 Å². The molecule has 0 bridgehead atoms. The van der Waals surface area contributed by atoms with Crippen LogP contribution in [0.4, 0.5) is 4.79 Å². The van der Waals surface area contributed by atoms with Gasteiger partial charge in [0.2, 0.25) is 0 Å². The van der Waals surface area contributed by atoms with Gasteiger partial charge in [-0.25, -0.2) is 9.59 Å². The molecule has 69 heavy (non-hydrogen) atoms. The maximum atomic E-state index is 13.8. The quantitative estimate of drug-likeness (QED) is 0.0389. The lowest BCUT2D eigenvalue weighted by molar-refractivity contribution is -0.151. The number of carbonyl (C=O) groups is 2. The van der Waals surface area contributed by atoms with Crippen LogP contribution in [-0.2, 0) is 23.7 Å². The summed E-state index contributed by atoms with van der Waals surface area (Å²) < 4.78 is 24.6. The summed E-state index contributed by atoms with van der Waals surface area (Å²) in [7, 11) is 0. The van der Waals surface area contributed by atoms with Crippen molar-refractivity contribution in [1.29, 1.82) is 0 Å². The van der Waals surface area contributed by atoms with Crippen molar-refractivity contribution in [3.05, 3.63) is 23.8 Å². The maximum absolute atomic E-state index is 13.8. The number of nitrogens with zero attached hydrogens (tertiary/aromatic N) is 2. The Balaban J connectivity index is 0.863. The molecule has 8 heteroatoms. The first-order chi connectivity index (χ1) is 33.5. The normalized spacial score (nSPS) is 30.2. The molecule has 1 amide bonds. The maximum Gasteiger partial charge on any atom is 0.410 e. The van der Waals surface area contributed by atoms with Gasteiger partial charge in [0.1, 0.15) is 18.8 Å². The average Bonchev–Trinajstić information content (AvgIpc) is 3.98. The molecule has 2 saturated heterocycles. The number of unbranched alkanes of at least 4 members (excludes halogenated alkanes) is 12. The third kappa shape index (κ3) is 16.8.